The lowest BCUT2D eigenvalue weighted by atomic mass is 10.2. The van der Waals surface area contributed by atoms with Gasteiger partial charge in [0, 0.05) is 25.4 Å². The highest BCUT2D eigenvalue weighted by Crippen LogP contribution is 2.19. The SMILES string of the molecule is Cc1nn(C)cc1C=C1NC(=S)N(CC2CCCO2)C1=O. The number of nitrogens with one attached hydrogen (secondary N) is 1. The van der Waals surface area contributed by atoms with Gasteiger partial charge in [0.25, 0.3) is 5.91 Å². The number of ether oxygens (including phenoxy) is 1. The molecule has 0 saturated carbocycles. The van der Waals surface area contributed by atoms with Crippen molar-refractivity contribution in [3.63, 3.8) is 0 Å². The molecule has 1 amide bonds. The van der Waals surface area contributed by atoms with Crippen molar-refractivity contribution < 1.29 is 9.53 Å². The van der Waals surface area contributed by atoms with Crippen molar-refractivity contribution >= 4 is 29.3 Å². The highest BCUT2D eigenvalue weighted by Gasteiger charge is 2.33. The maximum absolute atomic E-state index is 12.5. The number of carbonyl (C=O) groups is 1. The predicted molar refractivity (Wildman–Crippen MR) is 82.3 cm³/mol. The average Bonchev–Trinajstić information content (AvgIpc) is 3.10. The molecule has 0 spiro atoms. The minimum absolute atomic E-state index is 0.0909. The summed E-state index contributed by atoms with van der Waals surface area (Å²) in [6.07, 6.45) is 5.79. The molecule has 3 heterocycles. The van der Waals surface area contributed by atoms with E-state index in [-0.39, 0.29) is 12.0 Å². The molecule has 112 valence electrons. The van der Waals surface area contributed by atoms with Crippen LogP contribution in [-0.2, 0) is 16.6 Å². The molecule has 1 unspecified atom stereocenters. The van der Waals surface area contributed by atoms with Gasteiger partial charge < -0.3 is 10.1 Å². The zero-order chi connectivity index (χ0) is 15.0. The van der Waals surface area contributed by atoms with Gasteiger partial charge in [-0.2, -0.15) is 5.10 Å². The largest absolute Gasteiger partial charge is 0.376 e. The lowest BCUT2D eigenvalue weighted by Crippen LogP contribution is -2.37. The van der Waals surface area contributed by atoms with E-state index < -0.39 is 0 Å². The zero-order valence-electron chi connectivity index (χ0n) is 12.1. The Bertz CT molecular complexity index is 616. The molecule has 1 atom stereocenters. The topological polar surface area (TPSA) is 59.4 Å². The smallest absolute Gasteiger partial charge is 0.276 e. The van der Waals surface area contributed by atoms with Crippen LogP contribution in [0, 0.1) is 6.92 Å². The fourth-order valence-corrected chi connectivity index (χ4v) is 2.91. The zero-order valence-corrected chi connectivity index (χ0v) is 12.9. The number of rotatable bonds is 3. The van der Waals surface area contributed by atoms with E-state index in [1.54, 1.807) is 15.7 Å². The molecule has 2 aliphatic rings. The third kappa shape index (κ3) is 2.84. The van der Waals surface area contributed by atoms with Crippen molar-refractivity contribution in [3.05, 3.63) is 23.2 Å². The van der Waals surface area contributed by atoms with E-state index in [0.29, 0.717) is 17.4 Å². The molecule has 6 nitrogen and oxygen atoms in total. The number of amides is 1. The molecule has 2 saturated heterocycles. The maximum atomic E-state index is 12.5. The Balaban J connectivity index is 1.77. The molecule has 0 aromatic carbocycles. The maximum Gasteiger partial charge on any atom is 0.276 e. The van der Waals surface area contributed by atoms with E-state index in [0.717, 1.165) is 30.7 Å². The number of hydrogen-bond acceptors (Lipinski definition) is 4. The number of hydrogen-bond donors (Lipinski definition) is 1. The lowest BCUT2D eigenvalue weighted by Gasteiger charge is -2.18. The summed E-state index contributed by atoms with van der Waals surface area (Å²) in [6, 6.07) is 0. The molecular formula is C14H18N4O2S. The molecule has 7 heteroatoms. The van der Waals surface area contributed by atoms with Crippen LogP contribution in [0.25, 0.3) is 6.08 Å². The van der Waals surface area contributed by atoms with E-state index in [1.165, 1.54) is 0 Å². The third-order valence-corrected chi connectivity index (χ3v) is 4.05. The predicted octanol–water partition coefficient (Wildman–Crippen LogP) is 0.965. The number of aromatic nitrogens is 2. The fraction of sp³-hybridized carbons (Fsp3) is 0.500. The second-order valence-corrected chi connectivity index (χ2v) is 5.77. The summed E-state index contributed by atoms with van der Waals surface area (Å²) in [6.45, 7) is 3.20. The standard InChI is InChI=1S/C14H18N4O2S/c1-9-10(7-17(2)16-9)6-12-13(19)18(14(21)15-12)8-11-4-3-5-20-11/h6-7,11H,3-5,8H2,1-2H3,(H,15,21). The van der Waals surface area contributed by atoms with Crippen molar-refractivity contribution in [2.75, 3.05) is 13.2 Å². The van der Waals surface area contributed by atoms with Gasteiger partial charge in [-0.3, -0.25) is 14.4 Å². The van der Waals surface area contributed by atoms with E-state index in [4.69, 9.17) is 17.0 Å². The Morgan fingerprint density at radius 3 is 3.05 bits per heavy atom. The summed E-state index contributed by atoms with van der Waals surface area (Å²) in [4.78, 5) is 14.0. The highest BCUT2D eigenvalue weighted by atomic mass is 32.1. The summed E-state index contributed by atoms with van der Waals surface area (Å²) in [7, 11) is 1.85. The molecular weight excluding hydrogens is 288 g/mol. The van der Waals surface area contributed by atoms with Gasteiger partial charge in [0.15, 0.2) is 5.11 Å². The normalized spacial score (nSPS) is 24.2. The molecule has 21 heavy (non-hydrogen) atoms. The molecule has 1 N–H and O–H groups in total. The molecule has 0 radical (unpaired) electrons. The van der Waals surface area contributed by atoms with E-state index in [1.807, 2.05) is 20.2 Å². The summed E-state index contributed by atoms with van der Waals surface area (Å²) in [5.41, 5.74) is 2.28. The monoisotopic (exact) mass is 306 g/mol. The van der Waals surface area contributed by atoms with Crippen molar-refractivity contribution in [1.82, 2.24) is 20.0 Å². The van der Waals surface area contributed by atoms with E-state index in [2.05, 4.69) is 10.4 Å². The van der Waals surface area contributed by atoms with Gasteiger partial charge in [0.1, 0.15) is 5.70 Å². The summed E-state index contributed by atoms with van der Waals surface area (Å²) >= 11 is 5.26. The van der Waals surface area contributed by atoms with Gasteiger partial charge in [-0.15, -0.1) is 0 Å². The van der Waals surface area contributed by atoms with Crippen LogP contribution in [0.2, 0.25) is 0 Å². The van der Waals surface area contributed by atoms with Crippen LogP contribution in [0.1, 0.15) is 24.1 Å². The minimum Gasteiger partial charge on any atom is -0.376 e. The molecule has 0 bridgehead atoms. The van der Waals surface area contributed by atoms with Crippen LogP contribution < -0.4 is 5.32 Å². The number of nitrogens with zero attached hydrogens (tertiary/aromatic N) is 3. The number of carbonyl (C=O) groups excluding carboxylic acids is 1. The molecule has 0 aliphatic carbocycles. The molecule has 3 rings (SSSR count). The molecule has 2 fully saturated rings. The van der Waals surface area contributed by atoms with E-state index >= 15 is 0 Å². The van der Waals surface area contributed by atoms with Gasteiger partial charge in [-0.1, -0.05) is 0 Å². The highest BCUT2D eigenvalue weighted by molar-refractivity contribution is 7.80. The van der Waals surface area contributed by atoms with E-state index in [9.17, 15) is 4.79 Å². The second kappa shape index (κ2) is 5.57. The lowest BCUT2D eigenvalue weighted by molar-refractivity contribution is -0.123. The van der Waals surface area contributed by atoms with Gasteiger partial charge in [0.05, 0.1) is 18.3 Å². The Hall–Kier alpha value is -1.73. The number of aryl methyl sites for hydroxylation is 2. The van der Waals surface area contributed by atoms with Crippen LogP contribution in [0.4, 0.5) is 0 Å². The van der Waals surface area contributed by atoms with Gasteiger partial charge in [-0.25, -0.2) is 0 Å². The first-order chi connectivity index (χ1) is 10.0. The van der Waals surface area contributed by atoms with Crippen molar-refractivity contribution in [2.24, 2.45) is 7.05 Å². The molecule has 1 aromatic heterocycles. The first-order valence-corrected chi connectivity index (χ1v) is 7.42. The Morgan fingerprint density at radius 2 is 2.43 bits per heavy atom. The fourth-order valence-electron chi connectivity index (χ4n) is 2.64. The third-order valence-electron chi connectivity index (χ3n) is 3.72. The minimum atomic E-state index is -0.0984. The number of thiocarbonyl (C=S) groups is 1. The molecule has 2 aliphatic heterocycles. The summed E-state index contributed by atoms with van der Waals surface area (Å²) in [5, 5.41) is 7.70. The van der Waals surface area contributed by atoms with Crippen LogP contribution in [0.15, 0.2) is 11.9 Å². The Kier molecular flexibility index (Phi) is 3.77. The Labute approximate surface area is 128 Å². The second-order valence-electron chi connectivity index (χ2n) is 5.38. The van der Waals surface area contributed by atoms with Gasteiger partial charge in [-0.05, 0) is 38.1 Å². The first-order valence-electron chi connectivity index (χ1n) is 7.01. The van der Waals surface area contributed by atoms with Crippen LogP contribution in [0.3, 0.4) is 0 Å². The van der Waals surface area contributed by atoms with Gasteiger partial charge in [0.2, 0.25) is 0 Å². The van der Waals surface area contributed by atoms with Crippen molar-refractivity contribution in [1.29, 1.82) is 0 Å². The van der Waals surface area contributed by atoms with Gasteiger partial charge >= 0.3 is 0 Å². The van der Waals surface area contributed by atoms with Crippen molar-refractivity contribution in [3.8, 4) is 0 Å². The van der Waals surface area contributed by atoms with Crippen LogP contribution >= 0.6 is 12.2 Å². The first kappa shape index (κ1) is 14.2. The average molecular weight is 306 g/mol. The Morgan fingerprint density at radius 1 is 1.62 bits per heavy atom. The van der Waals surface area contributed by atoms with Crippen LogP contribution in [0.5, 0.6) is 0 Å². The van der Waals surface area contributed by atoms with Crippen molar-refractivity contribution in [2.45, 2.75) is 25.9 Å². The quantitative estimate of drug-likeness (QED) is 0.666. The summed E-state index contributed by atoms with van der Waals surface area (Å²) < 4.78 is 7.30. The molecule has 1 aromatic rings. The summed E-state index contributed by atoms with van der Waals surface area (Å²) in [5.74, 6) is -0.0984. The van der Waals surface area contributed by atoms with Crippen LogP contribution in [-0.4, -0.2) is 45.0 Å².